The normalized spacial score (nSPS) is 10.4. The fourth-order valence-corrected chi connectivity index (χ4v) is 1.40. The van der Waals surface area contributed by atoms with Crippen molar-refractivity contribution in [3.63, 3.8) is 0 Å². The van der Waals surface area contributed by atoms with Crippen LogP contribution in [-0.4, -0.2) is 18.7 Å². The minimum absolute atomic E-state index is 0.0256. The summed E-state index contributed by atoms with van der Waals surface area (Å²) in [6, 6.07) is 2.77. The molecule has 106 valence electrons. The minimum Gasteiger partial charge on any atom is -0.355 e. The Balaban J connectivity index is 2.89. The number of rotatable bonds is 3. The first-order chi connectivity index (χ1) is 9.34. The van der Waals surface area contributed by atoms with Crippen molar-refractivity contribution in [1.29, 1.82) is 0 Å². The van der Waals surface area contributed by atoms with Crippen molar-refractivity contribution in [1.82, 2.24) is 5.32 Å². The second-order valence-corrected chi connectivity index (χ2v) is 3.95. The molecule has 0 aromatic heterocycles. The smallest absolute Gasteiger partial charge is 0.355 e. The van der Waals surface area contributed by atoms with Gasteiger partial charge >= 0.3 is 6.18 Å². The molecule has 0 heterocycles. The van der Waals surface area contributed by atoms with Gasteiger partial charge in [-0.3, -0.25) is 9.59 Å². The number of benzene rings is 1. The van der Waals surface area contributed by atoms with Gasteiger partial charge in [0.1, 0.15) is 0 Å². The Labute approximate surface area is 114 Å². The maximum absolute atomic E-state index is 12.6. The number of nitrogens with one attached hydrogen (secondary N) is 1. The molecule has 0 spiro atoms. The van der Waals surface area contributed by atoms with E-state index < -0.39 is 11.7 Å². The number of carbonyl (C=O) groups excluding carboxylic acids is 2. The monoisotopic (exact) mass is 283 g/mol. The van der Waals surface area contributed by atoms with E-state index in [-0.39, 0.29) is 23.5 Å². The van der Waals surface area contributed by atoms with Gasteiger partial charge in [-0.25, -0.2) is 0 Å². The van der Waals surface area contributed by atoms with E-state index >= 15 is 0 Å². The highest BCUT2D eigenvalue weighted by Gasteiger charge is 2.30. The summed E-state index contributed by atoms with van der Waals surface area (Å²) in [6.07, 6.45) is -3.74. The molecule has 1 rings (SSSR count). The first-order valence-electron chi connectivity index (χ1n) is 5.74. The molecule has 0 radical (unpaired) electrons. The van der Waals surface area contributed by atoms with Crippen LogP contribution in [0, 0.1) is 11.8 Å². The van der Waals surface area contributed by atoms with Crippen LogP contribution in [0.2, 0.25) is 0 Å². The van der Waals surface area contributed by atoms with E-state index in [9.17, 15) is 22.8 Å². The fraction of sp³-hybridized carbons (Fsp3) is 0.286. The summed E-state index contributed by atoms with van der Waals surface area (Å²) in [6.45, 7) is 1.66. The predicted octanol–water partition coefficient (Wildman–Crippen LogP) is 2.40. The van der Waals surface area contributed by atoms with Crippen molar-refractivity contribution in [3.8, 4) is 11.8 Å². The maximum atomic E-state index is 12.6. The highest BCUT2D eigenvalue weighted by molar-refractivity contribution is 5.79. The van der Waals surface area contributed by atoms with Crippen molar-refractivity contribution in [2.24, 2.45) is 0 Å². The molecule has 20 heavy (non-hydrogen) atoms. The van der Waals surface area contributed by atoms with Crippen molar-refractivity contribution in [2.45, 2.75) is 19.5 Å². The summed E-state index contributed by atoms with van der Waals surface area (Å²) < 4.78 is 37.7. The predicted molar refractivity (Wildman–Crippen MR) is 67.0 cm³/mol. The first kappa shape index (κ1) is 15.8. The second-order valence-electron chi connectivity index (χ2n) is 3.95. The number of halogens is 3. The Morgan fingerprint density at radius 3 is 2.65 bits per heavy atom. The zero-order valence-electron chi connectivity index (χ0n) is 10.7. The van der Waals surface area contributed by atoms with Crippen molar-refractivity contribution < 1.29 is 22.8 Å². The Bertz CT molecular complexity index is 568. The summed E-state index contributed by atoms with van der Waals surface area (Å²) in [4.78, 5) is 21.4. The van der Waals surface area contributed by atoms with E-state index in [2.05, 4.69) is 17.2 Å². The quantitative estimate of drug-likeness (QED) is 0.526. The number of hydrogen-bond donors (Lipinski definition) is 1. The molecule has 0 aliphatic carbocycles. The third-order valence-corrected chi connectivity index (χ3v) is 2.35. The average molecular weight is 283 g/mol. The molecule has 1 N–H and O–H groups in total. The van der Waals surface area contributed by atoms with E-state index in [1.807, 2.05) is 0 Å². The topological polar surface area (TPSA) is 46.2 Å². The van der Waals surface area contributed by atoms with Crippen molar-refractivity contribution in [3.05, 3.63) is 34.9 Å². The molecule has 6 heteroatoms. The molecular formula is C14H12F3NO2. The fourth-order valence-electron chi connectivity index (χ4n) is 1.40. The van der Waals surface area contributed by atoms with Crippen LogP contribution in [-0.2, 0) is 11.0 Å². The summed E-state index contributed by atoms with van der Waals surface area (Å²) >= 11 is 0. The lowest BCUT2D eigenvalue weighted by molar-refractivity contribution is -0.137. The standard InChI is InChI=1S/C14H12F3NO2/c1-10(20)18-7-3-2-4-11-8-13(14(15,16)17)6-5-12(11)9-19/h5-6,8-9H,3,7H2,1H3,(H,18,20). The van der Waals surface area contributed by atoms with E-state index in [0.717, 1.165) is 18.2 Å². The molecular weight excluding hydrogens is 271 g/mol. The zero-order valence-corrected chi connectivity index (χ0v) is 10.7. The minimum atomic E-state index is -4.48. The van der Waals surface area contributed by atoms with E-state index in [1.54, 1.807) is 0 Å². The molecule has 0 bridgehead atoms. The van der Waals surface area contributed by atoms with Gasteiger partial charge < -0.3 is 5.32 Å². The van der Waals surface area contributed by atoms with Crippen LogP contribution in [0.3, 0.4) is 0 Å². The number of hydrogen-bond acceptors (Lipinski definition) is 2. The number of aldehydes is 1. The Morgan fingerprint density at radius 2 is 2.10 bits per heavy atom. The van der Waals surface area contributed by atoms with Crippen molar-refractivity contribution >= 4 is 12.2 Å². The average Bonchev–Trinajstić information content (AvgIpc) is 2.36. The molecule has 0 fully saturated rings. The van der Waals surface area contributed by atoms with Gasteiger partial charge in [0, 0.05) is 31.0 Å². The number of alkyl halides is 3. The SMILES string of the molecule is CC(=O)NCCC#Cc1cc(C(F)(F)F)ccc1C=O. The molecule has 1 amide bonds. The van der Waals surface area contributed by atoms with E-state index in [0.29, 0.717) is 12.8 Å². The van der Waals surface area contributed by atoms with Crippen molar-refractivity contribution in [2.75, 3.05) is 6.54 Å². The van der Waals surface area contributed by atoms with E-state index in [1.165, 1.54) is 6.92 Å². The summed E-state index contributed by atoms with van der Waals surface area (Å²) in [5.41, 5.74) is -0.725. The molecule has 1 aromatic carbocycles. The molecule has 0 saturated heterocycles. The molecule has 0 atom stereocenters. The van der Waals surface area contributed by atoms with Crippen LogP contribution in [0.4, 0.5) is 13.2 Å². The van der Waals surface area contributed by atoms with Crippen LogP contribution in [0.15, 0.2) is 18.2 Å². The summed E-state index contributed by atoms with van der Waals surface area (Å²) in [5, 5.41) is 2.51. The van der Waals surface area contributed by atoms with Gasteiger partial charge in [-0.1, -0.05) is 11.8 Å². The Hall–Kier alpha value is -2.29. The van der Waals surface area contributed by atoms with Crippen LogP contribution in [0.5, 0.6) is 0 Å². The Morgan fingerprint density at radius 1 is 1.40 bits per heavy atom. The molecule has 3 nitrogen and oxygen atoms in total. The lowest BCUT2D eigenvalue weighted by atomic mass is 10.0. The summed E-state index contributed by atoms with van der Waals surface area (Å²) in [7, 11) is 0. The first-order valence-corrected chi connectivity index (χ1v) is 5.74. The van der Waals surface area contributed by atoms with Gasteiger partial charge in [0.15, 0.2) is 6.29 Å². The lowest BCUT2D eigenvalue weighted by Gasteiger charge is -2.07. The van der Waals surface area contributed by atoms with Gasteiger partial charge in [-0.05, 0) is 18.2 Å². The largest absolute Gasteiger partial charge is 0.416 e. The highest BCUT2D eigenvalue weighted by atomic mass is 19.4. The van der Waals surface area contributed by atoms with E-state index in [4.69, 9.17) is 0 Å². The molecule has 0 saturated carbocycles. The molecule has 0 aliphatic heterocycles. The zero-order chi connectivity index (χ0) is 15.2. The maximum Gasteiger partial charge on any atom is 0.416 e. The molecule has 1 aromatic rings. The third kappa shape index (κ3) is 4.76. The molecule has 0 aliphatic rings. The molecule has 0 unspecified atom stereocenters. The second kappa shape index (κ2) is 6.75. The van der Waals surface area contributed by atoms with Crippen LogP contribution in [0.25, 0.3) is 0 Å². The highest BCUT2D eigenvalue weighted by Crippen LogP contribution is 2.30. The van der Waals surface area contributed by atoms with Gasteiger partial charge in [-0.2, -0.15) is 13.2 Å². The van der Waals surface area contributed by atoms with Gasteiger partial charge in [0.25, 0.3) is 0 Å². The van der Waals surface area contributed by atoms with Gasteiger partial charge in [0.05, 0.1) is 5.56 Å². The number of carbonyl (C=O) groups is 2. The van der Waals surface area contributed by atoms with Crippen LogP contribution >= 0.6 is 0 Å². The number of amides is 1. The van der Waals surface area contributed by atoms with Crippen LogP contribution < -0.4 is 5.32 Å². The van der Waals surface area contributed by atoms with Crippen LogP contribution in [0.1, 0.15) is 34.8 Å². The lowest BCUT2D eigenvalue weighted by Crippen LogP contribution is -2.20. The summed E-state index contributed by atoms with van der Waals surface area (Å²) in [5.74, 6) is 4.93. The van der Waals surface area contributed by atoms with Gasteiger partial charge in [0.2, 0.25) is 5.91 Å². The third-order valence-electron chi connectivity index (χ3n) is 2.35. The van der Waals surface area contributed by atoms with Gasteiger partial charge in [-0.15, -0.1) is 0 Å². The Kier molecular flexibility index (Phi) is 5.32.